The first-order valence-corrected chi connectivity index (χ1v) is 6.03. The molecule has 0 unspecified atom stereocenters. The van der Waals surface area contributed by atoms with Crippen LogP contribution in [0.2, 0.25) is 5.02 Å². The predicted octanol–water partition coefficient (Wildman–Crippen LogP) is 3.22. The second-order valence-electron chi connectivity index (χ2n) is 4.24. The molecule has 0 N–H and O–H groups in total. The highest BCUT2D eigenvalue weighted by Gasteiger charge is 2.28. The summed E-state index contributed by atoms with van der Waals surface area (Å²) in [6.45, 7) is 1.81. The molecule has 1 fully saturated rings. The van der Waals surface area contributed by atoms with Gasteiger partial charge < -0.3 is 0 Å². The molecule has 2 rings (SSSR count). The lowest BCUT2D eigenvalue weighted by Crippen LogP contribution is -2.26. The van der Waals surface area contributed by atoms with Crippen LogP contribution in [0.15, 0.2) is 24.3 Å². The van der Waals surface area contributed by atoms with Crippen LogP contribution in [-0.4, -0.2) is 17.5 Å². The van der Waals surface area contributed by atoms with Gasteiger partial charge in [-0.2, -0.15) is 5.26 Å². The van der Waals surface area contributed by atoms with Crippen molar-refractivity contribution in [1.82, 2.24) is 4.90 Å². The molecule has 1 saturated carbocycles. The van der Waals surface area contributed by atoms with Crippen molar-refractivity contribution in [3.05, 3.63) is 34.9 Å². The van der Waals surface area contributed by atoms with Crippen LogP contribution in [0.5, 0.6) is 0 Å². The highest BCUT2D eigenvalue weighted by molar-refractivity contribution is 6.30. The van der Waals surface area contributed by atoms with Crippen molar-refractivity contribution < 1.29 is 0 Å². The molecule has 0 spiro atoms. The zero-order valence-corrected chi connectivity index (χ0v) is 9.95. The van der Waals surface area contributed by atoms with Crippen LogP contribution < -0.4 is 0 Å². The first-order chi connectivity index (χ1) is 7.79. The lowest BCUT2D eigenvalue weighted by Gasteiger charge is -2.20. The number of hydrogen-bond acceptors (Lipinski definition) is 2. The summed E-state index contributed by atoms with van der Waals surface area (Å²) in [4.78, 5) is 2.40. The standard InChI is InChI=1S/C13H15ClN2/c14-12-4-2-11(3-5-12)10-16(9-1-8-15)13-6-7-13/h2-5,13H,1,6-7,9-10H2. The maximum atomic E-state index is 8.63. The van der Waals surface area contributed by atoms with E-state index in [1.54, 1.807) is 0 Å². The van der Waals surface area contributed by atoms with Gasteiger partial charge in [0, 0.05) is 30.6 Å². The third-order valence-electron chi connectivity index (χ3n) is 2.87. The Morgan fingerprint density at radius 1 is 1.31 bits per heavy atom. The normalized spacial score (nSPS) is 15.1. The summed E-state index contributed by atoms with van der Waals surface area (Å²) in [5, 5.41) is 9.40. The average molecular weight is 235 g/mol. The highest BCUT2D eigenvalue weighted by Crippen LogP contribution is 2.28. The molecule has 0 amide bonds. The van der Waals surface area contributed by atoms with Gasteiger partial charge in [0.15, 0.2) is 0 Å². The summed E-state index contributed by atoms with van der Waals surface area (Å²) in [5.41, 5.74) is 1.27. The Labute approximate surface area is 101 Å². The number of rotatable bonds is 5. The van der Waals surface area contributed by atoms with Crippen LogP contribution in [0.25, 0.3) is 0 Å². The maximum Gasteiger partial charge on any atom is 0.0635 e. The van der Waals surface area contributed by atoms with Crippen molar-refractivity contribution >= 4 is 11.6 Å². The van der Waals surface area contributed by atoms with Gasteiger partial charge in [-0.1, -0.05) is 23.7 Å². The summed E-state index contributed by atoms with van der Waals surface area (Å²) >= 11 is 5.85. The number of nitriles is 1. The molecule has 1 aromatic carbocycles. The van der Waals surface area contributed by atoms with Crippen LogP contribution in [-0.2, 0) is 6.54 Å². The maximum absolute atomic E-state index is 8.63. The third-order valence-corrected chi connectivity index (χ3v) is 3.12. The summed E-state index contributed by atoms with van der Waals surface area (Å²) in [6.07, 6.45) is 3.17. The summed E-state index contributed by atoms with van der Waals surface area (Å²) in [7, 11) is 0. The van der Waals surface area contributed by atoms with E-state index in [-0.39, 0.29) is 0 Å². The van der Waals surface area contributed by atoms with Crippen LogP contribution in [0.3, 0.4) is 0 Å². The van der Waals surface area contributed by atoms with E-state index in [0.29, 0.717) is 12.5 Å². The zero-order chi connectivity index (χ0) is 11.4. The summed E-state index contributed by atoms with van der Waals surface area (Å²) in [5.74, 6) is 0. The van der Waals surface area contributed by atoms with Crippen LogP contribution in [0.4, 0.5) is 0 Å². The minimum Gasteiger partial charge on any atom is -0.295 e. The van der Waals surface area contributed by atoms with E-state index < -0.39 is 0 Å². The van der Waals surface area contributed by atoms with E-state index in [1.165, 1.54) is 18.4 Å². The first kappa shape index (κ1) is 11.4. The lowest BCUT2D eigenvalue weighted by atomic mass is 10.2. The molecule has 0 bridgehead atoms. The monoisotopic (exact) mass is 234 g/mol. The van der Waals surface area contributed by atoms with Gasteiger partial charge in [0.1, 0.15) is 0 Å². The summed E-state index contributed by atoms with van der Waals surface area (Å²) < 4.78 is 0. The molecule has 0 heterocycles. The quantitative estimate of drug-likeness (QED) is 0.782. The van der Waals surface area contributed by atoms with E-state index in [4.69, 9.17) is 16.9 Å². The molecule has 0 atom stereocenters. The predicted molar refractivity (Wildman–Crippen MR) is 65.1 cm³/mol. The minimum atomic E-state index is 0.615. The number of hydrogen-bond donors (Lipinski definition) is 0. The van der Waals surface area contributed by atoms with Crippen molar-refractivity contribution in [1.29, 1.82) is 5.26 Å². The Kier molecular flexibility index (Phi) is 3.82. The smallest absolute Gasteiger partial charge is 0.0635 e. The first-order valence-electron chi connectivity index (χ1n) is 5.65. The van der Waals surface area contributed by atoms with Crippen LogP contribution in [0.1, 0.15) is 24.8 Å². The minimum absolute atomic E-state index is 0.615. The van der Waals surface area contributed by atoms with E-state index in [9.17, 15) is 0 Å². The van der Waals surface area contributed by atoms with Crippen molar-refractivity contribution in [3.8, 4) is 6.07 Å². The van der Waals surface area contributed by atoms with Gasteiger partial charge in [-0.05, 0) is 30.5 Å². The average Bonchev–Trinajstić information content (AvgIpc) is 3.11. The molecule has 16 heavy (non-hydrogen) atoms. The van der Waals surface area contributed by atoms with Gasteiger partial charge in [-0.25, -0.2) is 0 Å². The van der Waals surface area contributed by atoms with Gasteiger partial charge in [-0.15, -0.1) is 0 Å². The number of benzene rings is 1. The highest BCUT2D eigenvalue weighted by atomic mass is 35.5. The Morgan fingerprint density at radius 2 is 2.00 bits per heavy atom. The van der Waals surface area contributed by atoms with Crippen molar-refractivity contribution in [2.24, 2.45) is 0 Å². The van der Waals surface area contributed by atoms with Gasteiger partial charge in [0.25, 0.3) is 0 Å². The molecule has 3 heteroatoms. The lowest BCUT2D eigenvalue weighted by molar-refractivity contribution is 0.261. The SMILES string of the molecule is N#CCCN(Cc1ccc(Cl)cc1)C1CC1. The Balaban J connectivity index is 1.94. The van der Waals surface area contributed by atoms with E-state index >= 15 is 0 Å². The Bertz CT molecular complexity index is 376. The topological polar surface area (TPSA) is 27.0 Å². The molecule has 0 aliphatic heterocycles. The Morgan fingerprint density at radius 3 is 2.56 bits per heavy atom. The second-order valence-corrected chi connectivity index (χ2v) is 4.67. The third kappa shape index (κ3) is 3.23. The molecule has 84 valence electrons. The second kappa shape index (κ2) is 5.34. The fraction of sp³-hybridized carbons (Fsp3) is 0.462. The molecule has 0 saturated heterocycles. The Hall–Kier alpha value is -1.04. The van der Waals surface area contributed by atoms with Crippen LogP contribution >= 0.6 is 11.6 Å². The molecule has 1 aromatic rings. The number of nitrogens with zero attached hydrogens (tertiary/aromatic N) is 2. The fourth-order valence-corrected chi connectivity index (χ4v) is 1.97. The van der Waals surface area contributed by atoms with Gasteiger partial charge in [0.2, 0.25) is 0 Å². The molecule has 1 aliphatic rings. The van der Waals surface area contributed by atoms with E-state index in [1.807, 2.05) is 12.1 Å². The molecule has 2 nitrogen and oxygen atoms in total. The molecule has 1 aliphatic carbocycles. The van der Waals surface area contributed by atoms with Crippen molar-refractivity contribution in [2.45, 2.75) is 31.8 Å². The number of halogens is 1. The van der Waals surface area contributed by atoms with Crippen molar-refractivity contribution in [2.75, 3.05) is 6.54 Å². The van der Waals surface area contributed by atoms with Crippen molar-refractivity contribution in [3.63, 3.8) is 0 Å². The van der Waals surface area contributed by atoms with Gasteiger partial charge >= 0.3 is 0 Å². The molecule has 0 radical (unpaired) electrons. The molecular weight excluding hydrogens is 220 g/mol. The zero-order valence-electron chi connectivity index (χ0n) is 9.19. The van der Waals surface area contributed by atoms with E-state index in [0.717, 1.165) is 18.1 Å². The summed E-state index contributed by atoms with van der Waals surface area (Å²) in [6, 6.07) is 10.9. The molecular formula is C13H15ClN2. The largest absolute Gasteiger partial charge is 0.295 e. The fourth-order valence-electron chi connectivity index (χ4n) is 1.85. The molecule has 0 aromatic heterocycles. The van der Waals surface area contributed by atoms with Crippen LogP contribution in [0, 0.1) is 11.3 Å². The van der Waals surface area contributed by atoms with E-state index in [2.05, 4.69) is 23.1 Å². The van der Waals surface area contributed by atoms with Gasteiger partial charge in [0.05, 0.1) is 6.07 Å². The van der Waals surface area contributed by atoms with Gasteiger partial charge in [-0.3, -0.25) is 4.90 Å².